The lowest BCUT2D eigenvalue weighted by molar-refractivity contribution is -0.300. The lowest BCUT2D eigenvalue weighted by Gasteiger charge is -2.46. The van der Waals surface area contributed by atoms with Crippen molar-refractivity contribution >= 4 is 35.7 Å². The molecule has 0 saturated carbocycles. The zero-order valence-electron chi connectivity index (χ0n) is 25.8. The number of hydrogen-bond acceptors (Lipinski definition) is 15. The van der Waals surface area contributed by atoms with Crippen molar-refractivity contribution in [3.8, 4) is 0 Å². The van der Waals surface area contributed by atoms with Crippen molar-refractivity contribution in [2.24, 2.45) is 0 Å². The number of aliphatic hydroxyl groups is 2. The lowest BCUT2D eigenvalue weighted by atomic mass is 9.95. The number of aliphatic hydroxyl groups excluding tert-OH is 2. The normalized spacial score (nSPS) is 30.7. The summed E-state index contributed by atoms with van der Waals surface area (Å²) in [5.41, 5.74) is 0.136. The van der Waals surface area contributed by atoms with Crippen molar-refractivity contribution in [2.45, 2.75) is 95.9 Å². The summed E-state index contributed by atoms with van der Waals surface area (Å²) in [6.45, 7) is 4.55. The summed E-state index contributed by atoms with van der Waals surface area (Å²) in [6, 6.07) is 5.10. The van der Waals surface area contributed by atoms with E-state index < -0.39 is 110 Å². The molecule has 0 spiro atoms. The second-order valence-electron chi connectivity index (χ2n) is 10.6. The maximum absolute atomic E-state index is 12.9. The molecule has 4 N–H and O–H groups in total. The molecule has 1 aromatic carbocycles. The molecule has 46 heavy (non-hydrogen) atoms. The Morgan fingerprint density at radius 1 is 0.696 bits per heavy atom. The summed E-state index contributed by atoms with van der Waals surface area (Å²) in [5.74, 6) is -4.39. The maximum Gasteiger partial charge on any atom is 0.338 e. The monoisotopic (exact) mass is 654 g/mol. The van der Waals surface area contributed by atoms with Crippen molar-refractivity contribution < 1.29 is 72.1 Å². The van der Waals surface area contributed by atoms with Gasteiger partial charge >= 0.3 is 23.9 Å². The minimum Gasteiger partial charge on any atom is -0.463 e. The lowest BCUT2D eigenvalue weighted by Crippen LogP contribution is -2.68. The number of carbonyl (C=O) groups excluding carboxylic acids is 6. The van der Waals surface area contributed by atoms with E-state index >= 15 is 0 Å². The van der Waals surface area contributed by atoms with Gasteiger partial charge in [-0.25, -0.2) is 4.79 Å². The van der Waals surface area contributed by atoms with E-state index in [9.17, 15) is 39.0 Å². The minimum atomic E-state index is -1.79. The SMILES string of the molecule is CC(=O)N[C@@H]1[C@@H](OC(=O)c2ccccc2)[C@@H](O)[C@@H](CO[C@@H]2O[C@H](COC(C)=O)[C@@H](OC(C)=O)[C@H](OC(C)=O)[C@H]2NC(C)=O)O[C@@H]1O. The molecule has 1 aromatic rings. The smallest absolute Gasteiger partial charge is 0.338 e. The number of amides is 2. The van der Waals surface area contributed by atoms with Crippen molar-refractivity contribution in [1.82, 2.24) is 10.6 Å². The van der Waals surface area contributed by atoms with Crippen molar-refractivity contribution in [2.75, 3.05) is 13.2 Å². The van der Waals surface area contributed by atoms with Crippen LogP contribution in [0, 0.1) is 0 Å². The molecule has 0 aliphatic carbocycles. The van der Waals surface area contributed by atoms with Gasteiger partial charge in [0.2, 0.25) is 11.8 Å². The number of ether oxygens (including phenoxy) is 7. The second-order valence-corrected chi connectivity index (χ2v) is 10.6. The van der Waals surface area contributed by atoms with Crippen LogP contribution < -0.4 is 10.6 Å². The highest BCUT2D eigenvalue weighted by molar-refractivity contribution is 5.89. The highest BCUT2D eigenvalue weighted by atomic mass is 16.7. The average Bonchev–Trinajstić information content (AvgIpc) is 2.97. The molecule has 2 aliphatic heterocycles. The third-order valence-corrected chi connectivity index (χ3v) is 6.81. The molecule has 17 nitrogen and oxygen atoms in total. The average molecular weight is 655 g/mol. The fraction of sp³-hybridized carbons (Fsp3) is 0.586. The molecule has 2 fully saturated rings. The van der Waals surface area contributed by atoms with E-state index in [2.05, 4.69) is 10.6 Å². The number of carbonyl (C=O) groups is 6. The largest absolute Gasteiger partial charge is 0.463 e. The predicted octanol–water partition coefficient (Wildman–Crippen LogP) is -1.53. The highest BCUT2D eigenvalue weighted by Gasteiger charge is 2.53. The molecule has 0 unspecified atom stereocenters. The Kier molecular flexibility index (Phi) is 13.0. The van der Waals surface area contributed by atoms with Crippen LogP contribution in [0.3, 0.4) is 0 Å². The third-order valence-electron chi connectivity index (χ3n) is 6.81. The van der Waals surface area contributed by atoms with E-state index in [1.807, 2.05) is 0 Å². The molecule has 0 aromatic heterocycles. The van der Waals surface area contributed by atoms with E-state index in [0.29, 0.717) is 0 Å². The molecule has 2 aliphatic rings. The Balaban J connectivity index is 1.89. The van der Waals surface area contributed by atoms with Crippen molar-refractivity contribution in [1.29, 1.82) is 0 Å². The van der Waals surface area contributed by atoms with Gasteiger partial charge in [-0.1, -0.05) is 18.2 Å². The minimum absolute atomic E-state index is 0.136. The van der Waals surface area contributed by atoms with Gasteiger partial charge in [-0.3, -0.25) is 24.0 Å². The first-order valence-electron chi connectivity index (χ1n) is 14.2. The molecule has 2 amide bonds. The van der Waals surface area contributed by atoms with Gasteiger partial charge in [-0.05, 0) is 12.1 Å². The van der Waals surface area contributed by atoms with Gasteiger partial charge < -0.3 is 54.0 Å². The zero-order chi connectivity index (χ0) is 34.1. The van der Waals surface area contributed by atoms with Crippen LogP contribution in [0.2, 0.25) is 0 Å². The summed E-state index contributed by atoms with van der Waals surface area (Å²) >= 11 is 0. The van der Waals surface area contributed by atoms with E-state index in [1.54, 1.807) is 18.2 Å². The molecular formula is C29H38N2O15. The van der Waals surface area contributed by atoms with Crippen LogP contribution in [0.5, 0.6) is 0 Å². The first-order valence-corrected chi connectivity index (χ1v) is 14.2. The molecule has 10 atom stereocenters. The maximum atomic E-state index is 12.9. The van der Waals surface area contributed by atoms with Gasteiger partial charge in [0.25, 0.3) is 0 Å². The Hall–Kier alpha value is -4.16. The third kappa shape index (κ3) is 9.92. The molecule has 2 saturated heterocycles. The van der Waals surface area contributed by atoms with E-state index in [4.69, 9.17) is 33.2 Å². The van der Waals surface area contributed by atoms with Gasteiger partial charge in [0, 0.05) is 34.6 Å². The molecule has 2 heterocycles. The zero-order valence-corrected chi connectivity index (χ0v) is 25.8. The Labute approximate surface area is 263 Å². The van der Waals surface area contributed by atoms with Gasteiger partial charge in [0.05, 0.1) is 12.2 Å². The number of rotatable bonds is 11. The molecule has 254 valence electrons. The predicted molar refractivity (Wildman–Crippen MR) is 150 cm³/mol. The van der Waals surface area contributed by atoms with E-state index in [1.165, 1.54) is 12.1 Å². The molecular weight excluding hydrogens is 616 g/mol. The molecule has 17 heteroatoms. The summed E-state index contributed by atoms with van der Waals surface area (Å²) in [7, 11) is 0. The summed E-state index contributed by atoms with van der Waals surface area (Å²) < 4.78 is 38.6. The van der Waals surface area contributed by atoms with E-state index in [-0.39, 0.29) is 5.56 Å². The Morgan fingerprint density at radius 2 is 1.28 bits per heavy atom. The van der Waals surface area contributed by atoms with Crippen LogP contribution in [0.25, 0.3) is 0 Å². The summed E-state index contributed by atoms with van der Waals surface area (Å²) in [5, 5.41) is 26.9. The van der Waals surface area contributed by atoms with Crippen LogP contribution in [-0.4, -0.2) is 120 Å². The summed E-state index contributed by atoms with van der Waals surface area (Å²) in [6.07, 6.45) is -12.0. The van der Waals surface area contributed by atoms with Gasteiger partial charge in [0.15, 0.2) is 30.9 Å². The quantitative estimate of drug-likeness (QED) is 0.157. The second kappa shape index (κ2) is 16.4. The van der Waals surface area contributed by atoms with Crippen LogP contribution >= 0.6 is 0 Å². The molecule has 3 rings (SSSR count). The number of esters is 4. The van der Waals surface area contributed by atoms with Crippen molar-refractivity contribution in [3.63, 3.8) is 0 Å². The topological polar surface area (TPSA) is 232 Å². The first kappa shape index (κ1) is 36.3. The van der Waals surface area contributed by atoms with Crippen LogP contribution in [0.1, 0.15) is 45.0 Å². The van der Waals surface area contributed by atoms with Gasteiger partial charge in [0.1, 0.15) is 37.0 Å². The van der Waals surface area contributed by atoms with Crippen LogP contribution in [-0.2, 0) is 57.1 Å². The molecule has 0 bridgehead atoms. The number of nitrogens with one attached hydrogen (secondary N) is 2. The fourth-order valence-corrected chi connectivity index (χ4v) is 4.99. The van der Waals surface area contributed by atoms with Gasteiger partial charge in [-0.15, -0.1) is 0 Å². The Morgan fingerprint density at radius 3 is 1.85 bits per heavy atom. The van der Waals surface area contributed by atoms with Crippen molar-refractivity contribution in [3.05, 3.63) is 35.9 Å². The first-order chi connectivity index (χ1) is 21.7. The van der Waals surface area contributed by atoms with E-state index in [0.717, 1.165) is 34.6 Å². The number of benzene rings is 1. The number of hydrogen-bond donors (Lipinski definition) is 4. The fourth-order valence-electron chi connectivity index (χ4n) is 4.99. The highest BCUT2D eigenvalue weighted by Crippen LogP contribution is 2.30. The van der Waals surface area contributed by atoms with Crippen LogP contribution in [0.4, 0.5) is 0 Å². The molecule has 0 radical (unpaired) electrons. The standard InChI is InChI=1S/C29H38N2O15/c1-13(32)30-21-25(46-27(38)18-9-7-6-8-10-18)23(37)19(44-28(21)39)11-41-29-22(31-14(2)33)26(43-17(5)36)24(42-16(4)35)20(45-29)12-40-15(3)34/h6-10,19-26,28-29,37,39H,11-12H2,1-5H3,(H,30,32)(H,31,33)/t19-,20-,21-,22-,23+,24-,25-,26-,28+,29-/m1/s1. The summed E-state index contributed by atoms with van der Waals surface area (Å²) in [4.78, 5) is 72.5. The Bertz CT molecular complexity index is 1260. The van der Waals surface area contributed by atoms with Crippen LogP contribution in [0.15, 0.2) is 30.3 Å². The van der Waals surface area contributed by atoms with Gasteiger partial charge in [-0.2, -0.15) is 0 Å².